The largest absolute Gasteiger partial charge is 0.507 e. The molecule has 0 radical (unpaired) electrons. The molecule has 1 N–H and O–H groups in total. The van der Waals surface area contributed by atoms with Gasteiger partial charge >= 0.3 is 0 Å². The highest BCUT2D eigenvalue weighted by Gasteiger charge is 2.45. The number of aliphatic hydroxyl groups is 1. The van der Waals surface area contributed by atoms with Crippen LogP contribution in [0.5, 0.6) is 17.2 Å². The van der Waals surface area contributed by atoms with Crippen LogP contribution in [-0.2, 0) is 16.0 Å². The highest BCUT2D eigenvalue weighted by Crippen LogP contribution is 2.40. The molecule has 3 aromatic rings. The average Bonchev–Trinajstić information content (AvgIpc) is 3.16. The zero-order valence-corrected chi connectivity index (χ0v) is 19.9. The quantitative estimate of drug-likeness (QED) is 0.297. The highest BCUT2D eigenvalue weighted by molar-refractivity contribution is 6.46. The van der Waals surface area contributed by atoms with Gasteiger partial charge in [-0.05, 0) is 41.8 Å². The Bertz CT molecular complexity index is 1250. The van der Waals surface area contributed by atoms with Crippen LogP contribution >= 0.6 is 0 Å². The van der Waals surface area contributed by atoms with Gasteiger partial charge in [0.25, 0.3) is 11.7 Å². The molecule has 180 valence electrons. The van der Waals surface area contributed by atoms with Crippen LogP contribution in [0.4, 0.5) is 0 Å². The molecule has 0 spiro atoms. The summed E-state index contributed by atoms with van der Waals surface area (Å²) in [5.74, 6) is 0.293. The van der Waals surface area contributed by atoms with Crippen LogP contribution in [0.1, 0.15) is 22.7 Å². The van der Waals surface area contributed by atoms with E-state index in [0.717, 1.165) is 5.56 Å². The Labute approximate surface area is 204 Å². The lowest BCUT2D eigenvalue weighted by atomic mass is 9.95. The summed E-state index contributed by atoms with van der Waals surface area (Å²) >= 11 is 0. The second kappa shape index (κ2) is 10.3. The van der Waals surface area contributed by atoms with Gasteiger partial charge in [0.15, 0.2) is 11.5 Å². The average molecular weight is 474 g/mol. The number of methoxy groups -OCH3 is 3. The maximum atomic E-state index is 13.2. The van der Waals surface area contributed by atoms with Crippen molar-refractivity contribution in [3.05, 3.63) is 95.1 Å². The third-order valence-corrected chi connectivity index (χ3v) is 6.11. The fourth-order valence-electron chi connectivity index (χ4n) is 4.28. The Balaban J connectivity index is 1.73. The van der Waals surface area contributed by atoms with Gasteiger partial charge in [-0.2, -0.15) is 0 Å². The van der Waals surface area contributed by atoms with Crippen LogP contribution in [0.3, 0.4) is 0 Å². The Hall–Kier alpha value is -4.26. The number of carbonyl (C=O) groups excluding carboxylic acids is 2. The van der Waals surface area contributed by atoms with E-state index in [1.807, 2.05) is 18.2 Å². The molecule has 1 aliphatic rings. The third-order valence-electron chi connectivity index (χ3n) is 6.11. The highest BCUT2D eigenvalue weighted by atomic mass is 16.5. The zero-order chi connectivity index (χ0) is 24.9. The molecule has 7 heteroatoms. The first-order valence-corrected chi connectivity index (χ1v) is 11.2. The summed E-state index contributed by atoms with van der Waals surface area (Å²) in [5, 5.41) is 11.1. The molecule has 0 aliphatic carbocycles. The maximum absolute atomic E-state index is 13.2. The second-order valence-electron chi connectivity index (χ2n) is 8.07. The Morgan fingerprint density at radius 3 is 2.17 bits per heavy atom. The van der Waals surface area contributed by atoms with Gasteiger partial charge in [0.1, 0.15) is 11.5 Å². The SMILES string of the molecule is COc1ccc([C@H]2C(=C(O)c3ccccc3)C(=O)C(=O)N2CCc2ccc(OC)c(OC)c2)cc1. The number of ketones is 1. The molecule has 0 unspecified atom stereocenters. The topological polar surface area (TPSA) is 85.3 Å². The fourth-order valence-corrected chi connectivity index (χ4v) is 4.28. The smallest absolute Gasteiger partial charge is 0.295 e. The number of nitrogens with zero attached hydrogens (tertiary/aromatic N) is 1. The predicted molar refractivity (Wildman–Crippen MR) is 132 cm³/mol. The van der Waals surface area contributed by atoms with Crippen molar-refractivity contribution in [1.82, 2.24) is 4.90 Å². The lowest BCUT2D eigenvalue weighted by molar-refractivity contribution is -0.139. The summed E-state index contributed by atoms with van der Waals surface area (Å²) < 4.78 is 15.9. The van der Waals surface area contributed by atoms with E-state index in [9.17, 15) is 14.7 Å². The number of aliphatic hydroxyl groups excluding tert-OH is 1. The van der Waals surface area contributed by atoms with Crippen molar-refractivity contribution in [3.8, 4) is 17.2 Å². The molecule has 3 aromatic carbocycles. The van der Waals surface area contributed by atoms with Crippen LogP contribution in [0.25, 0.3) is 5.76 Å². The van der Waals surface area contributed by atoms with E-state index in [-0.39, 0.29) is 17.9 Å². The molecular weight excluding hydrogens is 446 g/mol. The van der Waals surface area contributed by atoms with Crippen molar-refractivity contribution in [2.45, 2.75) is 12.5 Å². The summed E-state index contributed by atoms with van der Waals surface area (Å²) in [4.78, 5) is 27.8. The van der Waals surface area contributed by atoms with Gasteiger partial charge in [0, 0.05) is 12.1 Å². The van der Waals surface area contributed by atoms with Crippen molar-refractivity contribution in [3.63, 3.8) is 0 Å². The minimum absolute atomic E-state index is 0.0682. The first-order valence-electron chi connectivity index (χ1n) is 11.2. The second-order valence-corrected chi connectivity index (χ2v) is 8.07. The molecule has 1 saturated heterocycles. The maximum Gasteiger partial charge on any atom is 0.295 e. The van der Waals surface area contributed by atoms with Gasteiger partial charge < -0.3 is 24.2 Å². The number of carbonyl (C=O) groups is 2. The number of Topliss-reactive ketones (excluding diaryl/α,β-unsaturated/α-hetero) is 1. The van der Waals surface area contributed by atoms with Crippen LogP contribution in [0.15, 0.2) is 78.4 Å². The molecule has 0 aromatic heterocycles. The van der Waals surface area contributed by atoms with E-state index >= 15 is 0 Å². The summed E-state index contributed by atoms with van der Waals surface area (Å²) in [7, 11) is 4.70. The zero-order valence-electron chi connectivity index (χ0n) is 19.9. The third kappa shape index (κ3) is 4.71. The summed E-state index contributed by atoms with van der Waals surface area (Å²) in [6, 6.07) is 20.7. The van der Waals surface area contributed by atoms with Gasteiger partial charge in [-0.1, -0.05) is 48.5 Å². The van der Waals surface area contributed by atoms with E-state index < -0.39 is 17.7 Å². The number of hydrogen-bond donors (Lipinski definition) is 1. The molecule has 7 nitrogen and oxygen atoms in total. The molecule has 0 saturated carbocycles. The molecule has 1 aliphatic heterocycles. The predicted octanol–water partition coefficient (Wildman–Crippen LogP) is 4.38. The van der Waals surface area contributed by atoms with E-state index in [4.69, 9.17) is 14.2 Å². The fraction of sp³-hybridized carbons (Fsp3) is 0.214. The van der Waals surface area contributed by atoms with Crippen molar-refractivity contribution < 1.29 is 28.9 Å². The van der Waals surface area contributed by atoms with Gasteiger partial charge in [-0.15, -0.1) is 0 Å². The monoisotopic (exact) mass is 473 g/mol. The van der Waals surface area contributed by atoms with Gasteiger partial charge in [-0.25, -0.2) is 0 Å². The Morgan fingerprint density at radius 2 is 1.54 bits per heavy atom. The van der Waals surface area contributed by atoms with Crippen molar-refractivity contribution in [1.29, 1.82) is 0 Å². The molecule has 35 heavy (non-hydrogen) atoms. The minimum Gasteiger partial charge on any atom is -0.507 e. The molecule has 1 atom stereocenters. The van der Waals surface area contributed by atoms with E-state index in [2.05, 4.69) is 0 Å². The summed E-state index contributed by atoms with van der Waals surface area (Å²) in [6.45, 7) is 0.266. The standard InChI is InChI=1S/C28H27NO6/c1-33-21-12-10-19(11-13-21)25-24(26(30)20-7-5-4-6-8-20)27(31)28(32)29(25)16-15-18-9-14-22(34-2)23(17-18)35-3/h4-14,17,25,30H,15-16H2,1-3H3/t25-/m0/s1. The molecule has 4 rings (SSSR count). The van der Waals surface area contributed by atoms with Crippen molar-refractivity contribution >= 4 is 17.4 Å². The lowest BCUT2D eigenvalue weighted by Gasteiger charge is -2.25. The normalized spacial score (nSPS) is 16.9. The Morgan fingerprint density at radius 1 is 0.857 bits per heavy atom. The minimum atomic E-state index is -0.735. The number of hydrogen-bond acceptors (Lipinski definition) is 6. The summed E-state index contributed by atoms with van der Waals surface area (Å²) in [6.07, 6.45) is 0.478. The molecule has 1 amide bonds. The van der Waals surface area contributed by atoms with Crippen LogP contribution in [0.2, 0.25) is 0 Å². The molecule has 1 heterocycles. The van der Waals surface area contributed by atoms with Crippen molar-refractivity contribution in [2.24, 2.45) is 0 Å². The molecule has 0 bridgehead atoms. The van der Waals surface area contributed by atoms with Gasteiger partial charge in [-0.3, -0.25) is 9.59 Å². The van der Waals surface area contributed by atoms with E-state index in [1.165, 1.54) is 4.90 Å². The van der Waals surface area contributed by atoms with E-state index in [0.29, 0.717) is 34.8 Å². The number of ether oxygens (including phenoxy) is 3. The molecular formula is C28H27NO6. The lowest BCUT2D eigenvalue weighted by Crippen LogP contribution is -2.31. The van der Waals surface area contributed by atoms with Crippen molar-refractivity contribution in [2.75, 3.05) is 27.9 Å². The first-order chi connectivity index (χ1) is 17.0. The van der Waals surface area contributed by atoms with Gasteiger partial charge in [0.2, 0.25) is 0 Å². The number of benzene rings is 3. The Kier molecular flexibility index (Phi) is 7.06. The number of likely N-dealkylation sites (tertiary alicyclic amines) is 1. The number of rotatable bonds is 8. The van der Waals surface area contributed by atoms with Gasteiger partial charge in [0.05, 0.1) is 32.9 Å². The van der Waals surface area contributed by atoms with Crippen LogP contribution < -0.4 is 14.2 Å². The van der Waals surface area contributed by atoms with Crippen LogP contribution in [-0.4, -0.2) is 49.6 Å². The van der Waals surface area contributed by atoms with E-state index in [1.54, 1.807) is 75.9 Å². The number of amides is 1. The summed E-state index contributed by atoms with van der Waals surface area (Å²) in [5.41, 5.74) is 2.17. The first kappa shape index (κ1) is 23.9. The van der Waals surface area contributed by atoms with Crippen LogP contribution in [0, 0.1) is 0 Å². The molecule has 1 fully saturated rings.